The third-order valence-electron chi connectivity index (χ3n) is 2.46. The van der Waals surface area contributed by atoms with Gasteiger partial charge in [0.2, 0.25) is 0 Å². The Morgan fingerprint density at radius 3 is 2.59 bits per heavy atom. The van der Waals surface area contributed by atoms with Gasteiger partial charge < -0.3 is 5.73 Å². The van der Waals surface area contributed by atoms with Gasteiger partial charge in [-0.3, -0.25) is 4.79 Å². The molecule has 0 aliphatic heterocycles. The first kappa shape index (κ1) is 11.3. The molecule has 0 aromatic heterocycles. The van der Waals surface area contributed by atoms with Gasteiger partial charge in [0.05, 0.1) is 0 Å². The maximum absolute atomic E-state index is 13.7. The van der Waals surface area contributed by atoms with Crippen LogP contribution in [0.1, 0.15) is 10.4 Å². The van der Waals surface area contributed by atoms with Crippen molar-refractivity contribution < 1.29 is 13.6 Å². The second-order valence-electron chi connectivity index (χ2n) is 3.57. The van der Waals surface area contributed by atoms with Crippen molar-refractivity contribution >= 4 is 12.0 Å². The Balaban J connectivity index is 2.60. The molecule has 0 radical (unpaired) electrons. The van der Waals surface area contributed by atoms with Crippen LogP contribution in [-0.2, 0) is 0 Å². The van der Waals surface area contributed by atoms with E-state index in [0.717, 1.165) is 6.07 Å². The summed E-state index contributed by atoms with van der Waals surface area (Å²) in [6, 6.07) is 8.76. The highest BCUT2D eigenvalue weighted by atomic mass is 19.1. The van der Waals surface area contributed by atoms with Crippen molar-refractivity contribution in [2.75, 3.05) is 5.73 Å². The van der Waals surface area contributed by atoms with Gasteiger partial charge >= 0.3 is 0 Å². The summed E-state index contributed by atoms with van der Waals surface area (Å²) in [7, 11) is 0. The van der Waals surface area contributed by atoms with Crippen LogP contribution in [0.3, 0.4) is 0 Å². The minimum Gasteiger partial charge on any atom is -0.394 e. The number of nitrogen functional groups attached to an aromatic ring is 1. The molecule has 2 aromatic rings. The molecule has 86 valence electrons. The summed E-state index contributed by atoms with van der Waals surface area (Å²) < 4.78 is 26.7. The molecule has 0 bridgehead atoms. The molecule has 0 heterocycles. The minimum atomic E-state index is -0.812. The second-order valence-corrected chi connectivity index (χ2v) is 3.57. The van der Waals surface area contributed by atoms with Gasteiger partial charge in [-0.05, 0) is 23.8 Å². The molecule has 0 amide bonds. The Labute approximate surface area is 96.7 Å². The van der Waals surface area contributed by atoms with Crippen molar-refractivity contribution in [3.05, 3.63) is 53.6 Å². The summed E-state index contributed by atoms with van der Waals surface area (Å²) in [6.07, 6.45) is 0.661. The van der Waals surface area contributed by atoms with Crippen molar-refractivity contribution in [3.8, 4) is 11.1 Å². The first-order valence-corrected chi connectivity index (χ1v) is 4.92. The number of hydrogen-bond acceptors (Lipinski definition) is 2. The molecule has 2 aromatic carbocycles. The van der Waals surface area contributed by atoms with E-state index in [4.69, 9.17) is 5.73 Å². The molecule has 4 heteroatoms. The van der Waals surface area contributed by atoms with Crippen molar-refractivity contribution in [1.29, 1.82) is 0 Å². The number of aldehydes is 1. The lowest BCUT2D eigenvalue weighted by Crippen LogP contribution is -1.97. The number of rotatable bonds is 2. The molecular weight excluding hydrogens is 224 g/mol. The van der Waals surface area contributed by atoms with Crippen LogP contribution < -0.4 is 5.73 Å². The number of benzene rings is 2. The van der Waals surface area contributed by atoms with E-state index < -0.39 is 17.3 Å². The zero-order valence-electron chi connectivity index (χ0n) is 8.78. The van der Waals surface area contributed by atoms with Crippen molar-refractivity contribution in [2.24, 2.45) is 0 Å². The summed E-state index contributed by atoms with van der Waals surface area (Å²) in [4.78, 5) is 10.6. The highest BCUT2D eigenvalue weighted by Crippen LogP contribution is 2.28. The van der Waals surface area contributed by atoms with E-state index in [9.17, 15) is 13.6 Å². The normalized spacial score (nSPS) is 10.2. The smallest absolute Gasteiger partial charge is 0.156 e. The van der Waals surface area contributed by atoms with E-state index in [0.29, 0.717) is 17.4 Å². The topological polar surface area (TPSA) is 43.1 Å². The van der Waals surface area contributed by atoms with Crippen molar-refractivity contribution in [1.82, 2.24) is 0 Å². The lowest BCUT2D eigenvalue weighted by Gasteiger charge is -2.07. The van der Waals surface area contributed by atoms with Gasteiger partial charge in [-0.25, -0.2) is 8.78 Å². The molecule has 0 unspecified atom stereocenters. The fourth-order valence-corrected chi connectivity index (χ4v) is 1.57. The Kier molecular flexibility index (Phi) is 2.87. The summed E-state index contributed by atoms with van der Waals surface area (Å²) >= 11 is 0. The highest BCUT2D eigenvalue weighted by molar-refractivity contribution is 5.79. The summed E-state index contributed by atoms with van der Waals surface area (Å²) in [5, 5.41) is 0. The Hall–Kier alpha value is -2.23. The predicted octanol–water partition coefficient (Wildman–Crippen LogP) is 3.03. The minimum absolute atomic E-state index is 0.174. The van der Waals surface area contributed by atoms with Crippen LogP contribution in [0.5, 0.6) is 0 Å². The zero-order valence-corrected chi connectivity index (χ0v) is 8.78. The van der Waals surface area contributed by atoms with Crippen LogP contribution in [-0.4, -0.2) is 6.29 Å². The predicted molar refractivity (Wildman–Crippen MR) is 61.6 cm³/mol. The second kappa shape index (κ2) is 4.33. The maximum Gasteiger partial charge on any atom is 0.156 e. The van der Waals surface area contributed by atoms with Gasteiger partial charge in [0.15, 0.2) is 5.82 Å². The van der Waals surface area contributed by atoms with E-state index in [1.54, 1.807) is 18.2 Å². The van der Waals surface area contributed by atoms with Gasteiger partial charge in [0.1, 0.15) is 17.8 Å². The van der Waals surface area contributed by atoms with Crippen LogP contribution in [0.25, 0.3) is 11.1 Å². The van der Waals surface area contributed by atoms with Crippen LogP contribution in [0.2, 0.25) is 0 Å². The molecule has 0 saturated carbocycles. The van der Waals surface area contributed by atoms with Gasteiger partial charge in [0.25, 0.3) is 0 Å². The molecule has 17 heavy (non-hydrogen) atoms. The zero-order chi connectivity index (χ0) is 12.4. The first-order chi connectivity index (χ1) is 8.13. The van der Waals surface area contributed by atoms with Gasteiger partial charge in [-0.1, -0.05) is 18.2 Å². The number of hydrogen-bond donors (Lipinski definition) is 1. The maximum atomic E-state index is 13.7. The van der Waals surface area contributed by atoms with Gasteiger partial charge in [-0.2, -0.15) is 0 Å². The molecule has 2 N–H and O–H groups in total. The van der Waals surface area contributed by atoms with E-state index in [1.165, 1.54) is 12.1 Å². The fraction of sp³-hybridized carbons (Fsp3) is 0. The molecule has 0 saturated heterocycles. The Bertz CT molecular complexity index is 582. The number of nitrogens with two attached hydrogens (primary N) is 1. The SMILES string of the molecule is Nc1c(F)ccc(-c2cccc(C=O)c2)c1F. The van der Waals surface area contributed by atoms with E-state index in [1.807, 2.05) is 0 Å². The molecule has 0 aliphatic rings. The van der Waals surface area contributed by atoms with Crippen molar-refractivity contribution in [2.45, 2.75) is 0 Å². The van der Waals surface area contributed by atoms with Crippen molar-refractivity contribution in [3.63, 3.8) is 0 Å². The Morgan fingerprint density at radius 2 is 1.88 bits per heavy atom. The molecule has 0 fully saturated rings. The van der Waals surface area contributed by atoms with Gasteiger partial charge in [-0.15, -0.1) is 0 Å². The quantitative estimate of drug-likeness (QED) is 0.640. The molecular formula is C13H9F2NO. The lowest BCUT2D eigenvalue weighted by molar-refractivity contribution is 0.112. The molecule has 0 aliphatic carbocycles. The largest absolute Gasteiger partial charge is 0.394 e. The van der Waals surface area contributed by atoms with Gasteiger partial charge in [0, 0.05) is 11.1 Å². The fourth-order valence-electron chi connectivity index (χ4n) is 1.57. The molecule has 2 rings (SSSR count). The molecule has 2 nitrogen and oxygen atoms in total. The highest BCUT2D eigenvalue weighted by Gasteiger charge is 2.12. The van der Waals surface area contributed by atoms with E-state index in [-0.39, 0.29) is 5.56 Å². The monoisotopic (exact) mass is 233 g/mol. The number of carbonyl (C=O) groups is 1. The standard InChI is InChI=1S/C13H9F2NO/c14-11-5-4-10(12(15)13(11)16)9-3-1-2-8(6-9)7-17/h1-7H,16H2. The number of halogens is 2. The van der Waals surface area contributed by atoms with E-state index >= 15 is 0 Å². The van der Waals surface area contributed by atoms with Crippen LogP contribution >= 0.6 is 0 Å². The number of anilines is 1. The van der Waals surface area contributed by atoms with Crippen LogP contribution in [0.15, 0.2) is 36.4 Å². The first-order valence-electron chi connectivity index (χ1n) is 4.92. The average molecular weight is 233 g/mol. The third kappa shape index (κ3) is 2.01. The average Bonchev–Trinajstić information content (AvgIpc) is 2.36. The number of carbonyl (C=O) groups excluding carboxylic acids is 1. The molecule has 0 spiro atoms. The van der Waals surface area contributed by atoms with Crippen LogP contribution in [0, 0.1) is 11.6 Å². The third-order valence-corrected chi connectivity index (χ3v) is 2.46. The summed E-state index contributed by atoms with van der Waals surface area (Å²) in [5.41, 5.74) is 5.84. The van der Waals surface area contributed by atoms with E-state index in [2.05, 4.69) is 0 Å². The lowest BCUT2D eigenvalue weighted by atomic mass is 10.0. The van der Waals surface area contributed by atoms with Crippen LogP contribution in [0.4, 0.5) is 14.5 Å². The molecule has 0 atom stereocenters. The Morgan fingerprint density at radius 1 is 1.12 bits per heavy atom. The summed E-state index contributed by atoms with van der Waals surface area (Å²) in [6.45, 7) is 0. The summed E-state index contributed by atoms with van der Waals surface area (Å²) in [5.74, 6) is -1.61.